The highest BCUT2D eigenvalue weighted by Crippen LogP contribution is 2.32. The molecule has 0 bridgehead atoms. The minimum absolute atomic E-state index is 0.184. The molecular weight excluding hydrogens is 372 g/mol. The van der Waals surface area contributed by atoms with Crippen molar-refractivity contribution in [2.45, 2.75) is 51.2 Å². The van der Waals surface area contributed by atoms with E-state index in [0.717, 1.165) is 49.1 Å². The second-order valence-electron chi connectivity index (χ2n) is 9.23. The average molecular weight is 403 g/mol. The Morgan fingerprint density at radius 1 is 1.07 bits per heavy atom. The first-order chi connectivity index (χ1) is 14.5. The number of nitrogens with zero attached hydrogens (tertiary/aromatic N) is 2. The number of hydrogen-bond acceptors (Lipinski definition) is 4. The first-order valence-corrected chi connectivity index (χ1v) is 11.1. The molecule has 1 saturated heterocycles. The van der Waals surface area contributed by atoms with Gasteiger partial charge in [-0.15, -0.1) is 0 Å². The van der Waals surface area contributed by atoms with E-state index >= 15 is 0 Å². The Balaban J connectivity index is 1.59. The Bertz CT molecular complexity index is 1090. The number of benzene rings is 2. The van der Waals surface area contributed by atoms with Crippen molar-refractivity contribution < 1.29 is 10.2 Å². The van der Waals surface area contributed by atoms with Crippen molar-refractivity contribution in [1.29, 1.82) is 0 Å². The lowest BCUT2D eigenvalue weighted by Gasteiger charge is -2.38. The highest BCUT2D eigenvalue weighted by Gasteiger charge is 2.32. The summed E-state index contributed by atoms with van der Waals surface area (Å²) in [5.74, 6) is 0. The molecule has 0 unspecified atom stereocenters. The molecule has 156 valence electrons. The molecule has 30 heavy (non-hydrogen) atoms. The lowest BCUT2D eigenvalue weighted by molar-refractivity contribution is -0.0686. The number of hydrogen-bond donors (Lipinski definition) is 2. The van der Waals surface area contributed by atoms with Gasteiger partial charge in [0, 0.05) is 24.0 Å². The zero-order valence-electron chi connectivity index (χ0n) is 17.7. The molecule has 4 nitrogen and oxygen atoms in total. The third-order valence-corrected chi connectivity index (χ3v) is 6.72. The monoisotopic (exact) mass is 402 g/mol. The Morgan fingerprint density at radius 2 is 1.90 bits per heavy atom. The summed E-state index contributed by atoms with van der Waals surface area (Å²) in [6.45, 7) is 4.09. The number of pyridine rings is 1. The van der Waals surface area contributed by atoms with Gasteiger partial charge >= 0.3 is 0 Å². The summed E-state index contributed by atoms with van der Waals surface area (Å²) in [6, 6.07) is 15.5. The average Bonchev–Trinajstić information content (AvgIpc) is 3.19. The molecule has 0 saturated carbocycles. The molecule has 4 heteroatoms. The molecule has 2 N–H and O–H groups in total. The van der Waals surface area contributed by atoms with Gasteiger partial charge in [0.05, 0.1) is 17.8 Å². The highest BCUT2D eigenvalue weighted by molar-refractivity contribution is 5.85. The van der Waals surface area contributed by atoms with Gasteiger partial charge in [-0.3, -0.25) is 4.90 Å². The van der Waals surface area contributed by atoms with Gasteiger partial charge in [-0.2, -0.15) is 0 Å². The number of likely N-dealkylation sites (tertiary alicyclic amines) is 1. The minimum Gasteiger partial charge on any atom is -0.393 e. The summed E-state index contributed by atoms with van der Waals surface area (Å²) in [7, 11) is 0. The van der Waals surface area contributed by atoms with Gasteiger partial charge in [0.15, 0.2) is 0 Å². The molecule has 0 spiro atoms. The van der Waals surface area contributed by atoms with Crippen LogP contribution in [0.25, 0.3) is 22.2 Å². The maximum Gasteiger partial charge on any atom is 0.100 e. The number of piperidine rings is 1. The second kappa shape index (κ2) is 7.77. The third kappa shape index (κ3) is 3.76. The first kappa shape index (κ1) is 19.7. The van der Waals surface area contributed by atoms with E-state index in [1.165, 1.54) is 34.1 Å². The van der Waals surface area contributed by atoms with Crippen molar-refractivity contribution in [3.63, 3.8) is 0 Å². The lowest BCUT2D eigenvalue weighted by Crippen LogP contribution is -2.50. The third-order valence-electron chi connectivity index (χ3n) is 6.72. The molecule has 1 aromatic heterocycles. The Morgan fingerprint density at radius 3 is 2.70 bits per heavy atom. The van der Waals surface area contributed by atoms with Gasteiger partial charge in [0.25, 0.3) is 0 Å². The van der Waals surface area contributed by atoms with Crippen LogP contribution in [0.3, 0.4) is 0 Å². The Labute approximate surface area is 178 Å². The number of aryl methyl sites for hydroxylation is 3. The number of aromatic nitrogens is 1. The van der Waals surface area contributed by atoms with Crippen molar-refractivity contribution in [3.8, 4) is 11.3 Å². The van der Waals surface area contributed by atoms with Crippen LogP contribution in [0.5, 0.6) is 0 Å². The number of aliphatic hydroxyl groups excluding tert-OH is 1. The van der Waals surface area contributed by atoms with E-state index in [9.17, 15) is 10.2 Å². The van der Waals surface area contributed by atoms with Gasteiger partial charge in [-0.05, 0) is 86.5 Å². The van der Waals surface area contributed by atoms with Gasteiger partial charge in [-0.25, -0.2) is 4.98 Å². The summed E-state index contributed by atoms with van der Waals surface area (Å²) >= 11 is 0. The van der Waals surface area contributed by atoms with Crippen LogP contribution in [-0.2, 0) is 19.4 Å². The minimum atomic E-state index is -0.993. The summed E-state index contributed by atoms with van der Waals surface area (Å²) in [5.41, 5.74) is 7.57. The molecule has 3 aromatic rings. The molecule has 0 amide bonds. The molecule has 5 rings (SSSR count). The molecular formula is C26H30N2O2. The predicted octanol–water partition coefficient (Wildman–Crippen LogP) is 4.02. The SMILES string of the molecule is Cc1cccc(-c2nc3cc4c(cc3cc2CN2CCC[C@](O)(CO)C2)CCC4)c1. The summed E-state index contributed by atoms with van der Waals surface area (Å²) in [6.07, 6.45) is 5.10. The topological polar surface area (TPSA) is 56.6 Å². The van der Waals surface area contributed by atoms with Crippen molar-refractivity contribution in [2.24, 2.45) is 0 Å². The standard InChI is InChI=1S/C26H30N2O2/c1-18-5-2-8-21(11-18)25-23(15-28-10-4-9-26(30,16-28)17-29)13-22-12-19-6-3-7-20(19)14-24(22)27-25/h2,5,8,11-14,29-30H,3-4,6-7,9-10,15-17H2,1H3/t26-/m1/s1. The number of rotatable bonds is 4. The van der Waals surface area contributed by atoms with Crippen LogP contribution in [0.4, 0.5) is 0 Å². The van der Waals surface area contributed by atoms with Crippen LogP contribution in [0.15, 0.2) is 42.5 Å². The highest BCUT2D eigenvalue weighted by atomic mass is 16.3. The molecule has 1 aliphatic heterocycles. The van der Waals surface area contributed by atoms with Gasteiger partial charge in [0.2, 0.25) is 0 Å². The summed E-state index contributed by atoms with van der Waals surface area (Å²) < 4.78 is 0. The van der Waals surface area contributed by atoms with Gasteiger partial charge in [-0.1, -0.05) is 23.8 Å². The van der Waals surface area contributed by atoms with Crippen molar-refractivity contribution in [3.05, 3.63) is 64.7 Å². The van der Waals surface area contributed by atoms with Gasteiger partial charge < -0.3 is 10.2 Å². The first-order valence-electron chi connectivity index (χ1n) is 11.1. The van der Waals surface area contributed by atoms with Gasteiger partial charge in [0.1, 0.15) is 5.60 Å². The molecule has 2 aliphatic rings. The zero-order chi connectivity index (χ0) is 20.7. The Kier molecular flexibility index (Phi) is 5.10. The largest absolute Gasteiger partial charge is 0.393 e. The van der Waals surface area contributed by atoms with E-state index < -0.39 is 5.60 Å². The van der Waals surface area contributed by atoms with Crippen molar-refractivity contribution in [2.75, 3.05) is 19.7 Å². The smallest absolute Gasteiger partial charge is 0.100 e. The van der Waals surface area contributed by atoms with Crippen molar-refractivity contribution >= 4 is 10.9 Å². The molecule has 0 radical (unpaired) electrons. The maximum absolute atomic E-state index is 10.6. The van der Waals surface area contributed by atoms with Crippen LogP contribution in [0, 0.1) is 6.92 Å². The quantitative estimate of drug-likeness (QED) is 0.692. The fraction of sp³-hybridized carbons (Fsp3) is 0.423. The van der Waals surface area contributed by atoms with E-state index in [1.807, 2.05) is 0 Å². The molecule has 1 fully saturated rings. The maximum atomic E-state index is 10.6. The van der Waals surface area contributed by atoms with E-state index in [2.05, 4.69) is 54.3 Å². The van der Waals surface area contributed by atoms with E-state index in [0.29, 0.717) is 13.0 Å². The molecule has 1 atom stereocenters. The Hall–Kier alpha value is -2.27. The van der Waals surface area contributed by atoms with E-state index in [1.54, 1.807) is 0 Å². The fourth-order valence-corrected chi connectivity index (χ4v) is 5.16. The predicted molar refractivity (Wildman–Crippen MR) is 120 cm³/mol. The molecule has 2 aromatic carbocycles. The fourth-order valence-electron chi connectivity index (χ4n) is 5.16. The van der Waals surface area contributed by atoms with Crippen LogP contribution >= 0.6 is 0 Å². The summed E-state index contributed by atoms with van der Waals surface area (Å²) in [4.78, 5) is 7.41. The zero-order valence-corrected chi connectivity index (χ0v) is 17.7. The van der Waals surface area contributed by atoms with E-state index in [-0.39, 0.29) is 6.61 Å². The number of aliphatic hydroxyl groups is 2. The number of β-amino-alcohol motifs (C(OH)–C–C–N with tert-alkyl or cyclic N) is 1. The van der Waals surface area contributed by atoms with Crippen molar-refractivity contribution in [1.82, 2.24) is 9.88 Å². The lowest BCUT2D eigenvalue weighted by atomic mass is 9.93. The number of fused-ring (bicyclic) bond motifs is 2. The van der Waals surface area contributed by atoms with Crippen LogP contribution in [0.1, 0.15) is 41.5 Å². The van der Waals surface area contributed by atoms with Crippen LogP contribution < -0.4 is 0 Å². The molecule has 2 heterocycles. The molecule has 1 aliphatic carbocycles. The van der Waals surface area contributed by atoms with Crippen LogP contribution in [0.2, 0.25) is 0 Å². The second-order valence-corrected chi connectivity index (χ2v) is 9.23. The van der Waals surface area contributed by atoms with E-state index in [4.69, 9.17) is 4.98 Å². The summed E-state index contributed by atoms with van der Waals surface area (Å²) in [5, 5.41) is 21.5. The normalized spacial score (nSPS) is 21.8. The van der Waals surface area contributed by atoms with Crippen LogP contribution in [-0.4, -0.2) is 45.4 Å².